The lowest BCUT2D eigenvalue weighted by atomic mass is 10.2. The molecule has 0 radical (unpaired) electrons. The van der Waals surface area contributed by atoms with Crippen LogP contribution in [0.15, 0.2) is 0 Å². The Morgan fingerprint density at radius 1 is 1.45 bits per heavy atom. The Morgan fingerprint density at radius 2 is 2.09 bits per heavy atom. The summed E-state index contributed by atoms with van der Waals surface area (Å²) in [7, 11) is -4.54. The molecule has 0 aliphatic rings. The summed E-state index contributed by atoms with van der Waals surface area (Å²) in [5.74, 6) is 0. The summed E-state index contributed by atoms with van der Waals surface area (Å²) in [5, 5.41) is 8.06. The predicted octanol–water partition coefficient (Wildman–Crippen LogP) is 0.484. The average molecular weight is 180 g/mol. The molecule has 0 unspecified atom stereocenters. The SMILES string of the molecule is N#CCCCCNS(=O)(=O)F. The Morgan fingerprint density at radius 3 is 2.55 bits per heavy atom. The van der Waals surface area contributed by atoms with E-state index in [1.165, 1.54) is 0 Å². The van der Waals surface area contributed by atoms with Gasteiger partial charge in [0.05, 0.1) is 6.07 Å². The van der Waals surface area contributed by atoms with Gasteiger partial charge in [-0.1, -0.05) is 3.89 Å². The number of halogens is 1. The van der Waals surface area contributed by atoms with Gasteiger partial charge in [0.25, 0.3) is 0 Å². The van der Waals surface area contributed by atoms with Crippen molar-refractivity contribution >= 4 is 10.4 Å². The van der Waals surface area contributed by atoms with Crippen molar-refractivity contribution in [1.29, 1.82) is 5.26 Å². The molecule has 0 heterocycles. The summed E-state index contributed by atoms with van der Waals surface area (Å²) in [6.45, 7) is 0.0561. The van der Waals surface area contributed by atoms with E-state index in [1.807, 2.05) is 6.07 Å². The summed E-state index contributed by atoms with van der Waals surface area (Å²) >= 11 is 0. The van der Waals surface area contributed by atoms with Crippen molar-refractivity contribution in [2.24, 2.45) is 0 Å². The molecule has 0 aliphatic heterocycles. The molecule has 0 rings (SSSR count). The van der Waals surface area contributed by atoms with Crippen LogP contribution in [-0.4, -0.2) is 15.0 Å². The summed E-state index contributed by atoms with van der Waals surface area (Å²) < 4.78 is 33.0. The van der Waals surface area contributed by atoms with Crippen molar-refractivity contribution < 1.29 is 12.3 Å². The van der Waals surface area contributed by atoms with Crippen LogP contribution in [0.5, 0.6) is 0 Å². The third-order valence-electron chi connectivity index (χ3n) is 0.990. The number of rotatable bonds is 5. The quantitative estimate of drug-likeness (QED) is 0.494. The molecule has 0 aromatic carbocycles. The van der Waals surface area contributed by atoms with Crippen LogP contribution in [0.2, 0.25) is 0 Å². The summed E-state index contributed by atoms with van der Waals surface area (Å²) in [4.78, 5) is 0. The lowest BCUT2D eigenvalue weighted by molar-refractivity contribution is 0.532. The minimum atomic E-state index is -4.54. The molecule has 0 aliphatic carbocycles. The second kappa shape index (κ2) is 5.04. The minimum Gasteiger partial charge on any atom is -0.198 e. The second-order valence-corrected chi connectivity index (χ2v) is 3.11. The van der Waals surface area contributed by atoms with Crippen molar-refractivity contribution in [3.8, 4) is 6.07 Å². The van der Waals surface area contributed by atoms with Gasteiger partial charge in [-0.05, 0) is 12.8 Å². The van der Waals surface area contributed by atoms with Gasteiger partial charge in [0.2, 0.25) is 0 Å². The molecule has 0 saturated heterocycles. The Labute approximate surface area is 65.4 Å². The van der Waals surface area contributed by atoms with E-state index < -0.39 is 10.4 Å². The largest absolute Gasteiger partial charge is 0.372 e. The van der Waals surface area contributed by atoms with Gasteiger partial charge in [0.15, 0.2) is 0 Å². The number of nitrogens with one attached hydrogen (secondary N) is 1. The molecule has 1 N–H and O–H groups in total. The first-order chi connectivity index (χ1) is 5.06. The van der Waals surface area contributed by atoms with Crippen LogP contribution in [0.1, 0.15) is 19.3 Å². The van der Waals surface area contributed by atoms with Gasteiger partial charge in [0, 0.05) is 13.0 Å². The first-order valence-electron chi connectivity index (χ1n) is 3.12. The van der Waals surface area contributed by atoms with Gasteiger partial charge in [-0.25, -0.2) is 0 Å². The van der Waals surface area contributed by atoms with E-state index in [0.717, 1.165) is 0 Å². The highest BCUT2D eigenvalue weighted by Gasteiger charge is 2.02. The fourth-order valence-corrected chi connectivity index (χ4v) is 0.911. The van der Waals surface area contributed by atoms with Crippen LogP contribution >= 0.6 is 0 Å². The van der Waals surface area contributed by atoms with Crippen LogP contribution in [-0.2, 0) is 10.4 Å². The summed E-state index contributed by atoms with van der Waals surface area (Å²) in [6, 6.07) is 1.89. The summed E-state index contributed by atoms with van der Waals surface area (Å²) in [6.07, 6.45) is 1.43. The van der Waals surface area contributed by atoms with Gasteiger partial charge in [-0.15, -0.1) is 0 Å². The van der Waals surface area contributed by atoms with E-state index in [2.05, 4.69) is 0 Å². The van der Waals surface area contributed by atoms with Crippen molar-refractivity contribution in [1.82, 2.24) is 4.72 Å². The van der Waals surface area contributed by atoms with E-state index in [1.54, 1.807) is 4.72 Å². The maximum atomic E-state index is 11.7. The summed E-state index contributed by atoms with van der Waals surface area (Å²) in [5.41, 5.74) is 0. The maximum absolute atomic E-state index is 11.7. The van der Waals surface area contributed by atoms with Crippen molar-refractivity contribution in [2.75, 3.05) is 6.54 Å². The molecule has 0 saturated carbocycles. The molecular formula is C5H9FN2O2S. The number of hydrogen-bond donors (Lipinski definition) is 1. The fourth-order valence-electron chi connectivity index (χ4n) is 0.523. The van der Waals surface area contributed by atoms with Crippen molar-refractivity contribution in [2.45, 2.75) is 19.3 Å². The lowest BCUT2D eigenvalue weighted by Gasteiger charge is -1.95. The molecule has 0 bridgehead atoms. The molecule has 4 nitrogen and oxygen atoms in total. The first-order valence-corrected chi connectivity index (χ1v) is 4.51. The van der Waals surface area contributed by atoms with E-state index >= 15 is 0 Å². The highest BCUT2D eigenvalue weighted by Crippen LogP contribution is 1.92. The van der Waals surface area contributed by atoms with Crippen LogP contribution in [0.25, 0.3) is 0 Å². The number of unbranched alkanes of at least 4 members (excludes halogenated alkanes) is 2. The maximum Gasteiger partial charge on any atom is 0.372 e. The predicted molar refractivity (Wildman–Crippen MR) is 37.5 cm³/mol. The zero-order chi connectivity index (χ0) is 8.74. The molecular weight excluding hydrogens is 171 g/mol. The number of nitrogens with zero attached hydrogens (tertiary/aromatic N) is 1. The molecule has 11 heavy (non-hydrogen) atoms. The topological polar surface area (TPSA) is 70.0 Å². The normalized spacial score (nSPS) is 10.9. The Balaban J connectivity index is 3.24. The van der Waals surface area contributed by atoms with Gasteiger partial charge >= 0.3 is 10.4 Å². The Bertz CT molecular complexity index is 231. The van der Waals surface area contributed by atoms with E-state index in [9.17, 15) is 12.3 Å². The highest BCUT2D eigenvalue weighted by molar-refractivity contribution is 7.84. The first kappa shape index (κ1) is 10.3. The highest BCUT2D eigenvalue weighted by atomic mass is 32.3. The number of nitriles is 1. The monoisotopic (exact) mass is 180 g/mol. The molecule has 0 aromatic rings. The van der Waals surface area contributed by atoms with E-state index in [0.29, 0.717) is 19.3 Å². The van der Waals surface area contributed by atoms with Crippen molar-refractivity contribution in [3.63, 3.8) is 0 Å². The number of hydrogen-bond acceptors (Lipinski definition) is 3. The van der Waals surface area contributed by atoms with Gasteiger partial charge in [0.1, 0.15) is 0 Å². The Kier molecular flexibility index (Phi) is 4.74. The van der Waals surface area contributed by atoms with Crippen molar-refractivity contribution in [3.05, 3.63) is 0 Å². The standard InChI is InChI=1S/C5H9FN2O2S/c6-11(9,10)8-5-3-1-2-4-7/h8H,1-3,5H2. The molecule has 64 valence electrons. The van der Waals surface area contributed by atoms with Gasteiger partial charge in [-0.3, -0.25) is 0 Å². The van der Waals surface area contributed by atoms with Crippen LogP contribution in [0.4, 0.5) is 3.89 Å². The average Bonchev–Trinajstić information content (AvgIpc) is 1.85. The molecule has 0 fully saturated rings. The fraction of sp³-hybridized carbons (Fsp3) is 0.800. The van der Waals surface area contributed by atoms with E-state index in [-0.39, 0.29) is 6.54 Å². The third-order valence-corrected chi connectivity index (χ3v) is 1.54. The molecule has 0 atom stereocenters. The van der Waals surface area contributed by atoms with Crippen LogP contribution in [0.3, 0.4) is 0 Å². The van der Waals surface area contributed by atoms with Gasteiger partial charge in [-0.2, -0.15) is 18.4 Å². The zero-order valence-corrected chi connectivity index (χ0v) is 6.69. The molecule has 6 heteroatoms. The lowest BCUT2D eigenvalue weighted by Crippen LogP contribution is -2.19. The Hall–Kier alpha value is -0.670. The molecule has 0 aromatic heterocycles. The molecule has 0 spiro atoms. The molecule has 0 amide bonds. The second-order valence-electron chi connectivity index (χ2n) is 1.95. The van der Waals surface area contributed by atoms with Crippen LogP contribution in [0, 0.1) is 11.3 Å². The third kappa shape index (κ3) is 9.33. The van der Waals surface area contributed by atoms with E-state index in [4.69, 9.17) is 5.26 Å². The van der Waals surface area contributed by atoms with Crippen LogP contribution < -0.4 is 4.72 Å². The van der Waals surface area contributed by atoms with Gasteiger partial charge < -0.3 is 0 Å². The zero-order valence-electron chi connectivity index (χ0n) is 5.88. The minimum absolute atomic E-state index is 0.0561. The smallest absolute Gasteiger partial charge is 0.198 e.